The van der Waals surface area contributed by atoms with Crippen LogP contribution in [0.2, 0.25) is 0 Å². The van der Waals surface area contributed by atoms with Crippen molar-refractivity contribution >= 4 is 11.4 Å². The second-order valence-electron chi connectivity index (χ2n) is 6.27. The SMILES string of the molecule is CN(C)CCCc1cc([N+](=O)[O-])ccc1N1CCN(C)CC1. The van der Waals surface area contributed by atoms with Crippen molar-refractivity contribution in [2.75, 3.05) is 58.8 Å². The maximum atomic E-state index is 11.0. The van der Waals surface area contributed by atoms with E-state index in [1.54, 1.807) is 12.1 Å². The van der Waals surface area contributed by atoms with Gasteiger partial charge in [0.05, 0.1) is 4.92 Å². The van der Waals surface area contributed by atoms with Gasteiger partial charge in [0.1, 0.15) is 0 Å². The summed E-state index contributed by atoms with van der Waals surface area (Å²) >= 11 is 0. The fourth-order valence-electron chi connectivity index (χ4n) is 2.83. The number of piperazine rings is 1. The van der Waals surface area contributed by atoms with Crippen molar-refractivity contribution < 1.29 is 4.92 Å². The Hall–Kier alpha value is -1.66. The number of rotatable bonds is 6. The average Bonchev–Trinajstić information content (AvgIpc) is 2.47. The second kappa shape index (κ2) is 7.56. The number of hydrogen-bond acceptors (Lipinski definition) is 5. The molecule has 0 atom stereocenters. The van der Waals surface area contributed by atoms with Crippen LogP contribution in [0, 0.1) is 10.1 Å². The van der Waals surface area contributed by atoms with Crippen LogP contribution in [0.15, 0.2) is 18.2 Å². The fourth-order valence-corrected chi connectivity index (χ4v) is 2.83. The number of hydrogen-bond donors (Lipinski definition) is 0. The Kier molecular flexibility index (Phi) is 5.74. The molecule has 1 saturated heterocycles. The van der Waals surface area contributed by atoms with E-state index >= 15 is 0 Å². The molecular formula is C16H26N4O2. The lowest BCUT2D eigenvalue weighted by Crippen LogP contribution is -2.44. The summed E-state index contributed by atoms with van der Waals surface area (Å²) in [5.74, 6) is 0. The quantitative estimate of drug-likeness (QED) is 0.593. The van der Waals surface area contributed by atoms with E-state index in [1.807, 2.05) is 6.07 Å². The average molecular weight is 306 g/mol. The number of nitrogens with zero attached hydrogens (tertiary/aromatic N) is 4. The maximum absolute atomic E-state index is 11.0. The largest absolute Gasteiger partial charge is 0.369 e. The van der Waals surface area contributed by atoms with E-state index in [1.165, 1.54) is 0 Å². The highest BCUT2D eigenvalue weighted by atomic mass is 16.6. The summed E-state index contributed by atoms with van der Waals surface area (Å²) in [4.78, 5) is 17.6. The zero-order valence-corrected chi connectivity index (χ0v) is 13.8. The lowest BCUT2D eigenvalue weighted by Gasteiger charge is -2.35. The molecule has 0 amide bonds. The monoisotopic (exact) mass is 306 g/mol. The summed E-state index contributed by atoms with van der Waals surface area (Å²) in [6.45, 7) is 5.02. The lowest BCUT2D eigenvalue weighted by atomic mass is 10.0. The molecule has 1 aromatic carbocycles. The van der Waals surface area contributed by atoms with E-state index < -0.39 is 0 Å². The van der Waals surface area contributed by atoms with Gasteiger partial charge in [0.2, 0.25) is 0 Å². The van der Waals surface area contributed by atoms with Crippen LogP contribution >= 0.6 is 0 Å². The van der Waals surface area contributed by atoms with Gasteiger partial charge in [0, 0.05) is 44.0 Å². The topological polar surface area (TPSA) is 52.9 Å². The number of aryl methyl sites for hydroxylation is 1. The molecule has 122 valence electrons. The summed E-state index contributed by atoms with van der Waals surface area (Å²) in [7, 11) is 6.23. The van der Waals surface area contributed by atoms with Crippen LogP contribution in [-0.4, -0.2) is 68.6 Å². The Morgan fingerprint density at radius 3 is 2.50 bits per heavy atom. The third kappa shape index (κ3) is 4.42. The molecule has 0 unspecified atom stereocenters. The number of likely N-dealkylation sites (N-methyl/N-ethyl adjacent to an activating group) is 1. The summed E-state index contributed by atoms with van der Waals surface area (Å²) in [6.07, 6.45) is 1.89. The highest BCUT2D eigenvalue weighted by Crippen LogP contribution is 2.27. The van der Waals surface area contributed by atoms with E-state index in [0.717, 1.165) is 56.8 Å². The first-order chi connectivity index (χ1) is 10.5. The Morgan fingerprint density at radius 1 is 1.23 bits per heavy atom. The van der Waals surface area contributed by atoms with Crippen LogP contribution in [0.4, 0.5) is 11.4 Å². The molecule has 0 radical (unpaired) electrons. The molecule has 0 saturated carbocycles. The first kappa shape index (κ1) is 16.7. The van der Waals surface area contributed by atoms with Crippen molar-refractivity contribution in [1.29, 1.82) is 0 Å². The number of nitro groups is 1. The number of benzene rings is 1. The molecule has 1 aliphatic rings. The Balaban J connectivity index is 2.17. The minimum Gasteiger partial charge on any atom is -0.369 e. The van der Waals surface area contributed by atoms with Crippen LogP contribution in [0.1, 0.15) is 12.0 Å². The van der Waals surface area contributed by atoms with E-state index in [4.69, 9.17) is 0 Å². The summed E-state index contributed by atoms with van der Waals surface area (Å²) in [5, 5.41) is 11.0. The highest BCUT2D eigenvalue weighted by Gasteiger charge is 2.19. The van der Waals surface area contributed by atoms with Crippen molar-refractivity contribution in [1.82, 2.24) is 9.80 Å². The minimum absolute atomic E-state index is 0.192. The van der Waals surface area contributed by atoms with Gasteiger partial charge in [0.15, 0.2) is 0 Å². The zero-order chi connectivity index (χ0) is 16.1. The standard InChI is InChI=1S/C16H26N4O2/c1-17(2)8-4-5-14-13-15(20(21)22)6-7-16(14)19-11-9-18(3)10-12-19/h6-7,13H,4-5,8-12H2,1-3H3. The van der Waals surface area contributed by atoms with Gasteiger partial charge in [-0.1, -0.05) is 0 Å². The second-order valence-corrected chi connectivity index (χ2v) is 6.27. The van der Waals surface area contributed by atoms with Gasteiger partial charge in [-0.2, -0.15) is 0 Å². The molecule has 1 heterocycles. The third-order valence-corrected chi connectivity index (χ3v) is 4.17. The number of non-ortho nitro benzene ring substituents is 1. The zero-order valence-electron chi connectivity index (χ0n) is 13.8. The van der Waals surface area contributed by atoms with Crippen LogP contribution < -0.4 is 4.90 Å². The van der Waals surface area contributed by atoms with E-state index in [9.17, 15) is 10.1 Å². The van der Waals surface area contributed by atoms with Gasteiger partial charge in [0.25, 0.3) is 5.69 Å². The van der Waals surface area contributed by atoms with Crippen molar-refractivity contribution in [3.05, 3.63) is 33.9 Å². The van der Waals surface area contributed by atoms with E-state index in [0.29, 0.717) is 0 Å². The highest BCUT2D eigenvalue weighted by molar-refractivity contribution is 5.58. The smallest absolute Gasteiger partial charge is 0.269 e. The van der Waals surface area contributed by atoms with Crippen LogP contribution in [0.3, 0.4) is 0 Å². The van der Waals surface area contributed by atoms with Crippen LogP contribution in [0.5, 0.6) is 0 Å². The summed E-state index contributed by atoms with van der Waals surface area (Å²) in [5.41, 5.74) is 2.45. The molecule has 1 aromatic rings. The van der Waals surface area contributed by atoms with Gasteiger partial charge in [-0.3, -0.25) is 10.1 Å². The van der Waals surface area contributed by atoms with Crippen molar-refractivity contribution in [2.24, 2.45) is 0 Å². The van der Waals surface area contributed by atoms with Gasteiger partial charge in [-0.25, -0.2) is 0 Å². The molecule has 22 heavy (non-hydrogen) atoms. The molecule has 0 bridgehead atoms. The van der Waals surface area contributed by atoms with Crippen molar-refractivity contribution in [3.63, 3.8) is 0 Å². The lowest BCUT2D eigenvalue weighted by molar-refractivity contribution is -0.384. The third-order valence-electron chi connectivity index (χ3n) is 4.17. The molecular weight excluding hydrogens is 280 g/mol. The molecule has 0 N–H and O–H groups in total. The first-order valence-electron chi connectivity index (χ1n) is 7.83. The summed E-state index contributed by atoms with van der Waals surface area (Å²) < 4.78 is 0. The Labute approximate surface area is 132 Å². The fraction of sp³-hybridized carbons (Fsp3) is 0.625. The Morgan fingerprint density at radius 2 is 1.91 bits per heavy atom. The molecule has 0 aromatic heterocycles. The molecule has 6 nitrogen and oxygen atoms in total. The Bertz CT molecular complexity index is 511. The molecule has 2 rings (SSSR count). The number of nitro benzene ring substituents is 1. The molecule has 0 spiro atoms. The maximum Gasteiger partial charge on any atom is 0.269 e. The van der Waals surface area contributed by atoms with Gasteiger partial charge in [-0.15, -0.1) is 0 Å². The van der Waals surface area contributed by atoms with Crippen molar-refractivity contribution in [3.8, 4) is 0 Å². The predicted octanol–water partition coefficient (Wildman–Crippen LogP) is 1.84. The molecule has 1 aliphatic heterocycles. The van der Waals surface area contributed by atoms with Gasteiger partial charge < -0.3 is 14.7 Å². The molecule has 1 fully saturated rings. The molecule has 0 aliphatic carbocycles. The van der Waals surface area contributed by atoms with E-state index in [-0.39, 0.29) is 10.6 Å². The minimum atomic E-state index is -0.302. The number of anilines is 1. The summed E-state index contributed by atoms with van der Waals surface area (Å²) in [6, 6.07) is 5.31. The van der Waals surface area contributed by atoms with Crippen LogP contribution in [0.25, 0.3) is 0 Å². The normalized spacial score (nSPS) is 16.3. The van der Waals surface area contributed by atoms with Crippen molar-refractivity contribution in [2.45, 2.75) is 12.8 Å². The van der Waals surface area contributed by atoms with Crippen LogP contribution in [-0.2, 0) is 6.42 Å². The van der Waals surface area contributed by atoms with E-state index in [2.05, 4.69) is 35.8 Å². The van der Waals surface area contributed by atoms with Gasteiger partial charge in [-0.05, 0) is 52.2 Å². The predicted molar refractivity (Wildman–Crippen MR) is 89.7 cm³/mol. The molecule has 6 heteroatoms. The first-order valence-corrected chi connectivity index (χ1v) is 7.83. The van der Waals surface area contributed by atoms with Gasteiger partial charge >= 0.3 is 0 Å².